The van der Waals surface area contributed by atoms with Gasteiger partial charge in [0, 0.05) is 31.7 Å². The summed E-state index contributed by atoms with van der Waals surface area (Å²) in [7, 11) is 2.05. The van der Waals surface area contributed by atoms with E-state index in [1.54, 1.807) is 0 Å². The maximum atomic E-state index is 12.5. The molecular formula is C16H30N4O. The molecule has 3 N–H and O–H groups in total. The van der Waals surface area contributed by atoms with Crippen LogP contribution in [0, 0.1) is 11.8 Å². The normalized spacial score (nSPS) is 41.8. The maximum absolute atomic E-state index is 12.5. The third kappa shape index (κ3) is 3.25. The molecule has 1 aliphatic carbocycles. The molecule has 2 saturated heterocycles. The Morgan fingerprint density at radius 2 is 2.14 bits per heavy atom. The van der Waals surface area contributed by atoms with Crippen molar-refractivity contribution in [3.8, 4) is 0 Å². The van der Waals surface area contributed by atoms with Gasteiger partial charge in [0.2, 0.25) is 5.91 Å². The molecule has 3 rings (SSSR count). The van der Waals surface area contributed by atoms with Gasteiger partial charge in [0.25, 0.3) is 0 Å². The van der Waals surface area contributed by atoms with Gasteiger partial charge in [-0.1, -0.05) is 13.3 Å². The molecule has 5 heteroatoms. The van der Waals surface area contributed by atoms with Crippen molar-refractivity contribution >= 4 is 5.91 Å². The molecule has 0 aromatic heterocycles. The predicted octanol–water partition coefficient (Wildman–Crippen LogP) is 0.867. The SMILES string of the molecule is CC1CCCC2CC(C(=O)NC(C)C3CCN(C)N3)NC12. The molecule has 21 heavy (non-hydrogen) atoms. The number of carbonyl (C=O) groups is 1. The highest BCUT2D eigenvalue weighted by Crippen LogP contribution is 2.36. The number of rotatable bonds is 3. The van der Waals surface area contributed by atoms with Crippen LogP contribution in [-0.2, 0) is 4.79 Å². The third-order valence-corrected chi connectivity index (χ3v) is 5.74. The maximum Gasteiger partial charge on any atom is 0.237 e. The summed E-state index contributed by atoms with van der Waals surface area (Å²) < 4.78 is 0. The van der Waals surface area contributed by atoms with Gasteiger partial charge in [0.15, 0.2) is 0 Å². The van der Waals surface area contributed by atoms with Gasteiger partial charge in [0.05, 0.1) is 6.04 Å². The summed E-state index contributed by atoms with van der Waals surface area (Å²) in [5.41, 5.74) is 3.40. The van der Waals surface area contributed by atoms with Crippen LogP contribution < -0.4 is 16.1 Å². The number of nitrogens with one attached hydrogen (secondary N) is 3. The quantitative estimate of drug-likeness (QED) is 0.723. The van der Waals surface area contributed by atoms with Gasteiger partial charge < -0.3 is 10.6 Å². The number of nitrogens with zero attached hydrogens (tertiary/aromatic N) is 1. The molecule has 0 aromatic carbocycles. The van der Waals surface area contributed by atoms with Gasteiger partial charge in [-0.3, -0.25) is 10.2 Å². The minimum atomic E-state index is 0.0159. The number of hydrogen-bond acceptors (Lipinski definition) is 4. The Bertz CT molecular complexity index is 388. The van der Waals surface area contributed by atoms with E-state index in [1.165, 1.54) is 19.3 Å². The second kappa shape index (κ2) is 6.23. The van der Waals surface area contributed by atoms with E-state index in [1.807, 2.05) is 0 Å². The van der Waals surface area contributed by atoms with E-state index >= 15 is 0 Å². The van der Waals surface area contributed by atoms with Crippen molar-refractivity contribution in [2.45, 2.75) is 70.1 Å². The Kier molecular flexibility index (Phi) is 4.52. The molecule has 2 aliphatic heterocycles. The first kappa shape index (κ1) is 15.3. The zero-order valence-electron chi connectivity index (χ0n) is 13.6. The number of hydrogen-bond donors (Lipinski definition) is 3. The summed E-state index contributed by atoms with van der Waals surface area (Å²) in [5, 5.41) is 8.93. The number of amides is 1. The smallest absolute Gasteiger partial charge is 0.237 e. The van der Waals surface area contributed by atoms with Crippen LogP contribution in [-0.4, -0.2) is 48.7 Å². The summed E-state index contributed by atoms with van der Waals surface area (Å²) in [6.45, 7) is 5.48. The molecule has 5 nitrogen and oxygen atoms in total. The average molecular weight is 294 g/mol. The van der Waals surface area contributed by atoms with Crippen molar-refractivity contribution in [3.05, 3.63) is 0 Å². The molecule has 0 bridgehead atoms. The lowest BCUT2D eigenvalue weighted by atomic mass is 9.78. The van der Waals surface area contributed by atoms with Gasteiger partial charge in [-0.25, -0.2) is 5.01 Å². The first-order valence-electron chi connectivity index (χ1n) is 8.58. The lowest BCUT2D eigenvalue weighted by Crippen LogP contribution is -2.52. The zero-order chi connectivity index (χ0) is 15.0. The van der Waals surface area contributed by atoms with Crippen molar-refractivity contribution in [2.24, 2.45) is 11.8 Å². The van der Waals surface area contributed by atoms with Gasteiger partial charge in [-0.15, -0.1) is 0 Å². The standard InChI is InChI=1S/C16H30N4O/c1-10-5-4-6-12-9-14(18-15(10)12)16(21)17-11(2)13-7-8-20(3)19-13/h10-15,18-19H,4-9H2,1-3H3,(H,17,21). The van der Waals surface area contributed by atoms with Crippen LogP contribution in [0.15, 0.2) is 0 Å². The van der Waals surface area contributed by atoms with Gasteiger partial charge in [0.1, 0.15) is 0 Å². The van der Waals surface area contributed by atoms with E-state index in [4.69, 9.17) is 0 Å². The lowest BCUT2D eigenvalue weighted by molar-refractivity contribution is -0.123. The molecule has 0 radical (unpaired) electrons. The minimum absolute atomic E-state index is 0.0159. The van der Waals surface area contributed by atoms with E-state index in [-0.39, 0.29) is 18.0 Å². The van der Waals surface area contributed by atoms with Crippen molar-refractivity contribution < 1.29 is 4.79 Å². The van der Waals surface area contributed by atoms with E-state index in [9.17, 15) is 4.79 Å². The first-order chi connectivity index (χ1) is 10.0. The molecular weight excluding hydrogens is 264 g/mol. The second-order valence-electron chi connectivity index (χ2n) is 7.39. The highest BCUT2D eigenvalue weighted by molar-refractivity contribution is 5.82. The second-order valence-corrected chi connectivity index (χ2v) is 7.39. The predicted molar refractivity (Wildman–Crippen MR) is 83.6 cm³/mol. The minimum Gasteiger partial charge on any atom is -0.351 e. The van der Waals surface area contributed by atoms with Crippen LogP contribution in [0.2, 0.25) is 0 Å². The fraction of sp³-hybridized carbons (Fsp3) is 0.938. The molecule has 1 saturated carbocycles. The van der Waals surface area contributed by atoms with Crippen LogP contribution in [0.4, 0.5) is 0 Å². The van der Waals surface area contributed by atoms with Crippen LogP contribution in [0.3, 0.4) is 0 Å². The van der Waals surface area contributed by atoms with Crippen LogP contribution in [0.5, 0.6) is 0 Å². The number of hydrazine groups is 1. The fourth-order valence-electron chi connectivity index (χ4n) is 4.41. The number of fused-ring (bicyclic) bond motifs is 1. The highest BCUT2D eigenvalue weighted by atomic mass is 16.2. The number of carbonyl (C=O) groups excluding carboxylic acids is 1. The van der Waals surface area contributed by atoms with E-state index < -0.39 is 0 Å². The summed E-state index contributed by atoms with van der Waals surface area (Å²) in [6.07, 6.45) is 6.03. The van der Waals surface area contributed by atoms with Crippen molar-refractivity contribution in [1.29, 1.82) is 0 Å². The molecule has 6 atom stereocenters. The molecule has 3 fully saturated rings. The Hall–Kier alpha value is -0.650. The van der Waals surface area contributed by atoms with Crippen molar-refractivity contribution in [1.82, 2.24) is 21.1 Å². The van der Waals surface area contributed by atoms with E-state index in [0.29, 0.717) is 23.9 Å². The van der Waals surface area contributed by atoms with E-state index in [2.05, 4.69) is 42.0 Å². The van der Waals surface area contributed by atoms with Crippen molar-refractivity contribution in [2.75, 3.05) is 13.6 Å². The molecule has 2 heterocycles. The Morgan fingerprint density at radius 3 is 2.81 bits per heavy atom. The molecule has 0 spiro atoms. The Morgan fingerprint density at radius 1 is 1.33 bits per heavy atom. The lowest BCUT2D eigenvalue weighted by Gasteiger charge is -2.31. The largest absolute Gasteiger partial charge is 0.351 e. The van der Waals surface area contributed by atoms with Gasteiger partial charge >= 0.3 is 0 Å². The monoisotopic (exact) mass is 294 g/mol. The fourth-order valence-corrected chi connectivity index (χ4v) is 4.41. The van der Waals surface area contributed by atoms with Crippen LogP contribution in [0.1, 0.15) is 46.0 Å². The third-order valence-electron chi connectivity index (χ3n) is 5.74. The van der Waals surface area contributed by atoms with Crippen molar-refractivity contribution in [3.63, 3.8) is 0 Å². The molecule has 1 amide bonds. The molecule has 120 valence electrons. The van der Waals surface area contributed by atoms with E-state index in [0.717, 1.165) is 19.4 Å². The molecule has 3 aliphatic rings. The highest BCUT2D eigenvalue weighted by Gasteiger charge is 2.41. The zero-order valence-corrected chi connectivity index (χ0v) is 13.6. The first-order valence-corrected chi connectivity index (χ1v) is 8.58. The Labute approximate surface area is 128 Å². The summed E-state index contributed by atoms with van der Waals surface area (Å²) in [4.78, 5) is 12.5. The summed E-state index contributed by atoms with van der Waals surface area (Å²) >= 11 is 0. The van der Waals surface area contributed by atoms with Crippen LogP contribution >= 0.6 is 0 Å². The van der Waals surface area contributed by atoms with Gasteiger partial charge in [-0.2, -0.15) is 0 Å². The average Bonchev–Trinajstić information content (AvgIpc) is 3.05. The van der Waals surface area contributed by atoms with Crippen LogP contribution in [0.25, 0.3) is 0 Å². The Balaban J connectivity index is 1.52. The summed E-state index contributed by atoms with van der Waals surface area (Å²) in [6, 6.07) is 1.12. The molecule has 6 unspecified atom stereocenters. The van der Waals surface area contributed by atoms with Gasteiger partial charge in [-0.05, 0) is 44.4 Å². The topological polar surface area (TPSA) is 56.4 Å². The summed E-state index contributed by atoms with van der Waals surface area (Å²) in [5.74, 6) is 1.61. The molecule has 0 aromatic rings.